The summed E-state index contributed by atoms with van der Waals surface area (Å²) in [6.45, 7) is 7.42. The van der Waals surface area contributed by atoms with Crippen LogP contribution in [0.5, 0.6) is 0 Å². The number of nitrogens with one attached hydrogen (secondary N) is 2. The van der Waals surface area contributed by atoms with Crippen LogP contribution in [0, 0.1) is 17.2 Å². The Hall–Kier alpha value is -2.59. The van der Waals surface area contributed by atoms with E-state index < -0.39 is 5.97 Å². The average Bonchev–Trinajstić information content (AvgIpc) is 2.79. The summed E-state index contributed by atoms with van der Waals surface area (Å²) in [6.07, 6.45) is 9.63. The van der Waals surface area contributed by atoms with Crippen LogP contribution in [0.25, 0.3) is 0 Å². The van der Waals surface area contributed by atoms with Gasteiger partial charge in [-0.15, -0.1) is 0 Å². The van der Waals surface area contributed by atoms with E-state index in [1.165, 1.54) is 19.3 Å². The van der Waals surface area contributed by atoms with Crippen LogP contribution in [0.2, 0.25) is 0 Å². The quantitative estimate of drug-likeness (QED) is 0.432. The third-order valence-electron chi connectivity index (χ3n) is 5.71. The molecule has 0 unspecified atom stereocenters. The molecule has 2 heterocycles. The van der Waals surface area contributed by atoms with Gasteiger partial charge in [0.15, 0.2) is 11.4 Å². The molecule has 156 valence electrons. The fourth-order valence-corrected chi connectivity index (χ4v) is 4.03. The average molecular weight is 398 g/mol. The van der Waals surface area contributed by atoms with Crippen LogP contribution in [0.3, 0.4) is 0 Å². The molecule has 0 aromatic heterocycles. The van der Waals surface area contributed by atoms with E-state index >= 15 is 0 Å². The number of hydrogen-bond acceptors (Lipinski definition) is 7. The molecular weight excluding hydrogens is 366 g/mol. The maximum Gasteiger partial charge on any atom is 0.351 e. The molecule has 3 rings (SSSR count). The zero-order valence-electron chi connectivity index (χ0n) is 17.5. The Morgan fingerprint density at radius 3 is 2.59 bits per heavy atom. The molecule has 0 spiro atoms. The Morgan fingerprint density at radius 1 is 1.24 bits per heavy atom. The van der Waals surface area contributed by atoms with Crippen molar-refractivity contribution in [2.75, 3.05) is 32.8 Å². The first-order valence-corrected chi connectivity index (χ1v) is 10.6. The highest BCUT2D eigenvalue weighted by Gasteiger charge is 2.30. The molecule has 2 N–H and O–H groups in total. The number of esters is 1. The van der Waals surface area contributed by atoms with Crippen LogP contribution in [-0.4, -0.2) is 49.5 Å². The minimum Gasteiger partial charge on any atom is -0.461 e. The second kappa shape index (κ2) is 10.3. The standard InChI is InChI=1S/C22H31N5O2/c1-3-18-19(4-2)26-21(27-12-10-24-11-13-27)20(25-18)17(14-23)22(28)29-15-16-8-6-5-7-9-16/h3-4,16,24-25H,5-13,15H2,1-2H3/b18-3+,19-4+,20-17-. The van der Waals surface area contributed by atoms with Crippen molar-refractivity contribution in [1.82, 2.24) is 15.5 Å². The Balaban J connectivity index is 1.89. The molecule has 29 heavy (non-hydrogen) atoms. The molecule has 1 saturated heterocycles. The summed E-state index contributed by atoms with van der Waals surface area (Å²) >= 11 is 0. The van der Waals surface area contributed by atoms with Gasteiger partial charge in [0.2, 0.25) is 0 Å². The first kappa shape index (κ1) is 21.1. The van der Waals surface area contributed by atoms with Crippen LogP contribution >= 0.6 is 0 Å². The topological polar surface area (TPSA) is 89.8 Å². The number of piperazine rings is 1. The number of amidine groups is 1. The van der Waals surface area contributed by atoms with Crippen LogP contribution in [0.4, 0.5) is 0 Å². The van der Waals surface area contributed by atoms with E-state index in [9.17, 15) is 10.1 Å². The van der Waals surface area contributed by atoms with E-state index in [4.69, 9.17) is 9.73 Å². The van der Waals surface area contributed by atoms with Crippen molar-refractivity contribution in [2.45, 2.75) is 46.0 Å². The highest BCUT2D eigenvalue weighted by atomic mass is 16.5. The Kier molecular flexibility index (Phi) is 7.48. The molecule has 2 fully saturated rings. The SMILES string of the molecule is C/C=C1N=C(N2CCNCC2)/C(=C(\C#N)C(=O)OCC2CCCCC2)NC/1=C/C. The fourth-order valence-electron chi connectivity index (χ4n) is 4.03. The zero-order valence-corrected chi connectivity index (χ0v) is 17.5. The van der Waals surface area contributed by atoms with Gasteiger partial charge >= 0.3 is 5.97 Å². The summed E-state index contributed by atoms with van der Waals surface area (Å²) in [6, 6.07) is 2.08. The molecule has 0 aromatic rings. The van der Waals surface area contributed by atoms with Crippen molar-refractivity contribution < 1.29 is 9.53 Å². The van der Waals surface area contributed by atoms with E-state index in [1.54, 1.807) is 0 Å². The highest BCUT2D eigenvalue weighted by molar-refractivity contribution is 6.08. The summed E-state index contributed by atoms with van der Waals surface area (Å²) < 4.78 is 5.57. The monoisotopic (exact) mass is 397 g/mol. The number of rotatable bonds is 3. The smallest absolute Gasteiger partial charge is 0.351 e. The molecule has 0 amide bonds. The predicted molar refractivity (Wildman–Crippen MR) is 113 cm³/mol. The van der Waals surface area contributed by atoms with Gasteiger partial charge in [0.25, 0.3) is 0 Å². The van der Waals surface area contributed by atoms with Crippen LogP contribution in [-0.2, 0) is 9.53 Å². The number of carbonyl (C=O) groups excluding carboxylic acids is 1. The summed E-state index contributed by atoms with van der Waals surface area (Å²) in [7, 11) is 0. The Bertz CT molecular complexity index is 776. The summed E-state index contributed by atoms with van der Waals surface area (Å²) in [5.41, 5.74) is 2.03. The summed E-state index contributed by atoms with van der Waals surface area (Å²) in [5.74, 6) is 0.471. The highest BCUT2D eigenvalue weighted by Crippen LogP contribution is 2.25. The van der Waals surface area contributed by atoms with Crippen LogP contribution < -0.4 is 10.6 Å². The van der Waals surface area contributed by atoms with E-state index in [-0.39, 0.29) is 5.57 Å². The number of carbonyl (C=O) groups is 1. The number of allylic oxidation sites excluding steroid dienone is 2. The number of aliphatic imine (C=N–C) groups is 1. The third-order valence-corrected chi connectivity index (χ3v) is 5.71. The number of nitrogens with zero attached hydrogens (tertiary/aromatic N) is 3. The predicted octanol–water partition coefficient (Wildman–Crippen LogP) is 2.60. The van der Waals surface area contributed by atoms with Crippen molar-refractivity contribution in [3.8, 4) is 6.07 Å². The van der Waals surface area contributed by atoms with Crippen molar-refractivity contribution in [3.05, 3.63) is 34.8 Å². The molecule has 1 saturated carbocycles. The second-order valence-electron chi connectivity index (χ2n) is 7.64. The van der Waals surface area contributed by atoms with Gasteiger partial charge in [-0.3, -0.25) is 0 Å². The van der Waals surface area contributed by atoms with Gasteiger partial charge in [0.1, 0.15) is 11.8 Å². The molecule has 3 aliphatic rings. The lowest BCUT2D eigenvalue weighted by Gasteiger charge is -2.34. The molecule has 0 aromatic carbocycles. The summed E-state index contributed by atoms with van der Waals surface area (Å²) in [4.78, 5) is 19.7. The van der Waals surface area contributed by atoms with Gasteiger partial charge < -0.3 is 20.3 Å². The molecule has 0 atom stereocenters. The maximum absolute atomic E-state index is 12.8. The molecule has 0 radical (unpaired) electrons. The van der Waals surface area contributed by atoms with E-state index in [0.717, 1.165) is 50.4 Å². The molecule has 7 heteroatoms. The maximum atomic E-state index is 12.8. The second-order valence-corrected chi connectivity index (χ2v) is 7.64. The Labute approximate surface area is 173 Å². The lowest BCUT2D eigenvalue weighted by atomic mass is 9.90. The van der Waals surface area contributed by atoms with Crippen molar-refractivity contribution in [3.63, 3.8) is 0 Å². The number of hydrogen-bond donors (Lipinski definition) is 2. The van der Waals surface area contributed by atoms with Gasteiger partial charge in [0.05, 0.1) is 18.0 Å². The van der Waals surface area contributed by atoms with Gasteiger partial charge in [-0.25, -0.2) is 9.79 Å². The lowest BCUT2D eigenvalue weighted by molar-refractivity contribution is -0.140. The molecule has 7 nitrogen and oxygen atoms in total. The summed E-state index contributed by atoms with van der Waals surface area (Å²) in [5, 5.41) is 16.4. The van der Waals surface area contributed by atoms with Crippen molar-refractivity contribution >= 4 is 11.8 Å². The lowest BCUT2D eigenvalue weighted by Crippen LogP contribution is -2.49. The van der Waals surface area contributed by atoms with E-state index in [0.29, 0.717) is 24.1 Å². The van der Waals surface area contributed by atoms with Crippen molar-refractivity contribution in [2.24, 2.45) is 10.9 Å². The van der Waals surface area contributed by atoms with Gasteiger partial charge in [0, 0.05) is 26.2 Å². The number of ether oxygens (including phenoxy) is 1. The van der Waals surface area contributed by atoms with Gasteiger partial charge in [-0.2, -0.15) is 5.26 Å². The normalized spacial score (nSPS) is 25.3. The molecular formula is C22H31N5O2. The van der Waals surface area contributed by atoms with Crippen LogP contribution in [0.15, 0.2) is 39.8 Å². The van der Waals surface area contributed by atoms with Crippen molar-refractivity contribution in [1.29, 1.82) is 5.26 Å². The van der Waals surface area contributed by atoms with E-state index in [1.807, 2.05) is 26.0 Å². The van der Waals surface area contributed by atoms with Crippen LogP contribution in [0.1, 0.15) is 46.0 Å². The molecule has 1 aliphatic carbocycles. The fraction of sp³-hybridized carbons (Fsp3) is 0.591. The minimum absolute atomic E-state index is 0.00686. The van der Waals surface area contributed by atoms with E-state index in [2.05, 4.69) is 21.6 Å². The first-order valence-electron chi connectivity index (χ1n) is 10.6. The third kappa shape index (κ3) is 5.07. The Morgan fingerprint density at radius 2 is 1.97 bits per heavy atom. The first-order chi connectivity index (χ1) is 14.2. The van der Waals surface area contributed by atoms with Gasteiger partial charge in [-0.1, -0.05) is 31.4 Å². The molecule has 0 bridgehead atoms. The zero-order chi connectivity index (χ0) is 20.6. The minimum atomic E-state index is -0.567. The number of nitriles is 1. The van der Waals surface area contributed by atoms with Gasteiger partial charge in [-0.05, 0) is 32.6 Å². The largest absolute Gasteiger partial charge is 0.461 e. The molecule has 2 aliphatic heterocycles.